The summed E-state index contributed by atoms with van der Waals surface area (Å²) in [5.74, 6) is 0.720. The molecular weight excluding hydrogens is 172 g/mol. The van der Waals surface area contributed by atoms with E-state index in [0.717, 1.165) is 25.6 Å². The van der Waals surface area contributed by atoms with Gasteiger partial charge in [-0.1, -0.05) is 34.6 Å². The second-order valence-electron chi connectivity index (χ2n) is 4.50. The molecule has 0 amide bonds. The molecule has 0 spiro atoms. The lowest BCUT2D eigenvalue weighted by Gasteiger charge is -2.31. The maximum Gasteiger partial charge on any atom is 0.0104 e. The monoisotopic (exact) mass is 200 g/mol. The van der Waals surface area contributed by atoms with E-state index in [1.807, 2.05) is 0 Å². The van der Waals surface area contributed by atoms with Crippen LogP contribution >= 0.6 is 0 Å². The Kier molecular flexibility index (Phi) is 7.20. The van der Waals surface area contributed by atoms with Gasteiger partial charge >= 0.3 is 0 Å². The van der Waals surface area contributed by atoms with Gasteiger partial charge in [-0.25, -0.2) is 0 Å². The van der Waals surface area contributed by atoms with Crippen molar-refractivity contribution < 1.29 is 0 Å². The van der Waals surface area contributed by atoms with Crippen LogP contribution < -0.4 is 5.32 Å². The Morgan fingerprint density at radius 3 is 1.86 bits per heavy atom. The Morgan fingerprint density at radius 1 is 1.00 bits per heavy atom. The second kappa shape index (κ2) is 7.24. The van der Waals surface area contributed by atoms with Gasteiger partial charge in [0.1, 0.15) is 0 Å². The Balaban J connectivity index is 3.90. The molecule has 2 heteroatoms. The Morgan fingerprint density at radius 2 is 1.50 bits per heavy atom. The van der Waals surface area contributed by atoms with Crippen LogP contribution in [0.15, 0.2) is 0 Å². The van der Waals surface area contributed by atoms with Crippen LogP contribution in [0, 0.1) is 5.92 Å². The fourth-order valence-electron chi connectivity index (χ4n) is 1.75. The molecule has 0 aromatic carbocycles. The van der Waals surface area contributed by atoms with Crippen LogP contribution in [-0.2, 0) is 0 Å². The predicted molar refractivity (Wildman–Crippen MR) is 64.7 cm³/mol. The van der Waals surface area contributed by atoms with Gasteiger partial charge in [-0.15, -0.1) is 0 Å². The lowest BCUT2D eigenvalue weighted by atomic mass is 10.0. The minimum atomic E-state index is 0.598. The summed E-state index contributed by atoms with van der Waals surface area (Å²) in [6, 6.07) is 1.28. The molecular formula is C12H28N2. The summed E-state index contributed by atoms with van der Waals surface area (Å²) < 4.78 is 0. The highest BCUT2D eigenvalue weighted by Crippen LogP contribution is 2.09. The summed E-state index contributed by atoms with van der Waals surface area (Å²) in [6.07, 6.45) is 0. The minimum Gasteiger partial charge on any atom is -0.314 e. The molecule has 86 valence electrons. The van der Waals surface area contributed by atoms with E-state index in [9.17, 15) is 0 Å². The molecule has 14 heavy (non-hydrogen) atoms. The van der Waals surface area contributed by atoms with Crippen molar-refractivity contribution in [3.63, 3.8) is 0 Å². The molecule has 2 nitrogen and oxygen atoms in total. The van der Waals surface area contributed by atoms with Gasteiger partial charge in [0, 0.05) is 12.1 Å². The van der Waals surface area contributed by atoms with Crippen molar-refractivity contribution in [1.82, 2.24) is 10.2 Å². The van der Waals surface area contributed by atoms with Crippen LogP contribution in [0.5, 0.6) is 0 Å². The van der Waals surface area contributed by atoms with Gasteiger partial charge in [0.15, 0.2) is 0 Å². The topological polar surface area (TPSA) is 15.3 Å². The summed E-state index contributed by atoms with van der Waals surface area (Å²) in [5, 5.41) is 3.50. The van der Waals surface area contributed by atoms with Gasteiger partial charge < -0.3 is 10.2 Å². The second-order valence-corrected chi connectivity index (χ2v) is 4.50. The van der Waals surface area contributed by atoms with Crippen LogP contribution in [-0.4, -0.2) is 36.6 Å². The highest BCUT2D eigenvalue weighted by molar-refractivity contribution is 4.73. The quantitative estimate of drug-likeness (QED) is 0.678. The molecule has 0 bridgehead atoms. The van der Waals surface area contributed by atoms with Crippen LogP contribution in [0.4, 0.5) is 0 Å². The standard InChI is InChI=1S/C12H28N2/c1-7-14(8-2)12(6)11(5)9-13-10(3)4/h10-13H,7-9H2,1-6H3. The van der Waals surface area contributed by atoms with Crippen LogP contribution in [0.25, 0.3) is 0 Å². The average Bonchev–Trinajstić information content (AvgIpc) is 2.15. The minimum absolute atomic E-state index is 0.598. The summed E-state index contributed by atoms with van der Waals surface area (Å²) in [7, 11) is 0. The molecule has 0 heterocycles. The molecule has 0 aliphatic rings. The summed E-state index contributed by atoms with van der Waals surface area (Å²) >= 11 is 0. The Bertz CT molecular complexity index is 130. The molecule has 2 unspecified atom stereocenters. The summed E-state index contributed by atoms with van der Waals surface area (Å²) in [6.45, 7) is 17.0. The maximum atomic E-state index is 3.50. The number of hydrogen-bond donors (Lipinski definition) is 1. The molecule has 2 atom stereocenters. The normalized spacial score (nSPS) is 16.3. The molecule has 0 radical (unpaired) electrons. The molecule has 0 saturated carbocycles. The van der Waals surface area contributed by atoms with E-state index in [1.54, 1.807) is 0 Å². The van der Waals surface area contributed by atoms with Crippen molar-refractivity contribution >= 4 is 0 Å². The Labute approximate surface area is 90.1 Å². The molecule has 0 rings (SSSR count). The van der Waals surface area contributed by atoms with Crippen LogP contribution in [0.1, 0.15) is 41.5 Å². The molecule has 0 aliphatic heterocycles. The highest BCUT2D eigenvalue weighted by atomic mass is 15.1. The molecule has 0 fully saturated rings. The van der Waals surface area contributed by atoms with Gasteiger partial charge in [0.05, 0.1) is 0 Å². The third-order valence-corrected chi connectivity index (χ3v) is 3.06. The zero-order valence-electron chi connectivity index (χ0n) is 10.8. The first-order valence-electron chi connectivity index (χ1n) is 6.00. The lowest BCUT2D eigenvalue weighted by Crippen LogP contribution is -2.42. The zero-order valence-corrected chi connectivity index (χ0v) is 10.8. The molecule has 1 N–H and O–H groups in total. The Hall–Kier alpha value is -0.0800. The smallest absolute Gasteiger partial charge is 0.0104 e. The van der Waals surface area contributed by atoms with Crippen molar-refractivity contribution in [2.45, 2.75) is 53.6 Å². The van der Waals surface area contributed by atoms with Gasteiger partial charge in [-0.05, 0) is 32.5 Å². The van der Waals surface area contributed by atoms with Crippen molar-refractivity contribution in [3.8, 4) is 0 Å². The van der Waals surface area contributed by atoms with Crippen molar-refractivity contribution in [2.24, 2.45) is 5.92 Å². The van der Waals surface area contributed by atoms with Gasteiger partial charge in [-0.2, -0.15) is 0 Å². The van der Waals surface area contributed by atoms with Crippen LogP contribution in [0.3, 0.4) is 0 Å². The predicted octanol–water partition coefficient (Wildman–Crippen LogP) is 2.35. The number of nitrogens with one attached hydrogen (secondary N) is 1. The first kappa shape index (κ1) is 13.9. The van der Waals surface area contributed by atoms with Crippen molar-refractivity contribution in [2.75, 3.05) is 19.6 Å². The number of hydrogen-bond acceptors (Lipinski definition) is 2. The van der Waals surface area contributed by atoms with E-state index >= 15 is 0 Å². The SMILES string of the molecule is CCN(CC)C(C)C(C)CNC(C)C. The van der Waals surface area contributed by atoms with Crippen LogP contribution in [0.2, 0.25) is 0 Å². The van der Waals surface area contributed by atoms with E-state index < -0.39 is 0 Å². The fraction of sp³-hybridized carbons (Fsp3) is 1.00. The third kappa shape index (κ3) is 4.97. The van der Waals surface area contributed by atoms with Gasteiger partial charge in [-0.3, -0.25) is 0 Å². The molecule has 0 saturated heterocycles. The van der Waals surface area contributed by atoms with E-state index in [4.69, 9.17) is 0 Å². The molecule has 0 aromatic rings. The van der Waals surface area contributed by atoms with Gasteiger partial charge in [0.2, 0.25) is 0 Å². The van der Waals surface area contributed by atoms with Crippen molar-refractivity contribution in [1.29, 1.82) is 0 Å². The van der Waals surface area contributed by atoms with Gasteiger partial charge in [0.25, 0.3) is 0 Å². The first-order chi connectivity index (χ1) is 6.52. The average molecular weight is 200 g/mol. The molecule has 0 aromatic heterocycles. The third-order valence-electron chi connectivity index (χ3n) is 3.06. The number of nitrogens with zero attached hydrogens (tertiary/aromatic N) is 1. The summed E-state index contributed by atoms with van der Waals surface area (Å²) in [5.41, 5.74) is 0. The van der Waals surface area contributed by atoms with Crippen molar-refractivity contribution in [3.05, 3.63) is 0 Å². The van der Waals surface area contributed by atoms with E-state index in [1.165, 1.54) is 0 Å². The number of rotatable bonds is 7. The highest BCUT2D eigenvalue weighted by Gasteiger charge is 2.17. The lowest BCUT2D eigenvalue weighted by molar-refractivity contribution is 0.174. The largest absolute Gasteiger partial charge is 0.314 e. The summed E-state index contributed by atoms with van der Waals surface area (Å²) in [4.78, 5) is 2.52. The molecule has 0 aliphatic carbocycles. The van der Waals surface area contributed by atoms with E-state index in [-0.39, 0.29) is 0 Å². The zero-order chi connectivity index (χ0) is 11.1. The fourth-order valence-corrected chi connectivity index (χ4v) is 1.75. The first-order valence-corrected chi connectivity index (χ1v) is 6.00. The van der Waals surface area contributed by atoms with E-state index in [2.05, 4.69) is 51.8 Å². The van der Waals surface area contributed by atoms with E-state index in [0.29, 0.717) is 12.1 Å². The maximum absolute atomic E-state index is 3.50.